The number of nitrogens with two attached hydrogens (primary N) is 1. The first-order valence-corrected chi connectivity index (χ1v) is 16.9. The Balaban J connectivity index is 1.37. The standard InChI is InChI=1S/C38H35F6N7O2/c1-18-5-7-24(33-29(18)36(45)49-50(33)4)23-8-6-22(11-12-37(2,3)53)46-31(23)27(15-19-13-20(39)16-21(40)14-19)47-28(52)17-51-34-30(32(48-51)35(41)42)25-9-10-26(25)38(34,43)44/h5-8,13-14,16,25-27,35,53H,9-10,15,17H2,1-4H3,(H2,45,49)(H,47,52). The average molecular weight is 736 g/mol. The van der Waals surface area contributed by atoms with Gasteiger partial charge in [-0.1, -0.05) is 18.1 Å². The van der Waals surface area contributed by atoms with Gasteiger partial charge in [0.25, 0.3) is 12.3 Å². The highest BCUT2D eigenvalue weighted by molar-refractivity contribution is 6.02. The molecule has 15 heteroatoms. The van der Waals surface area contributed by atoms with Gasteiger partial charge in [0.2, 0.25) is 5.91 Å². The fourth-order valence-electron chi connectivity index (χ4n) is 7.58. The molecule has 0 radical (unpaired) electrons. The molecule has 1 fully saturated rings. The molecule has 7 rings (SSSR count). The van der Waals surface area contributed by atoms with Crippen molar-refractivity contribution in [3.8, 4) is 23.0 Å². The number of aromatic nitrogens is 5. The van der Waals surface area contributed by atoms with Gasteiger partial charge >= 0.3 is 0 Å². The lowest BCUT2D eigenvalue weighted by Gasteiger charge is -2.34. The third kappa shape index (κ3) is 6.49. The number of benzene rings is 2. The van der Waals surface area contributed by atoms with E-state index >= 15 is 8.78 Å². The summed E-state index contributed by atoms with van der Waals surface area (Å²) >= 11 is 0. The van der Waals surface area contributed by atoms with Crippen LogP contribution in [0, 0.1) is 36.3 Å². The van der Waals surface area contributed by atoms with Crippen molar-refractivity contribution in [2.45, 2.75) is 76.5 Å². The number of pyridine rings is 1. The number of nitrogen functional groups attached to an aromatic ring is 1. The minimum atomic E-state index is -3.47. The summed E-state index contributed by atoms with van der Waals surface area (Å²) in [6, 6.07) is 8.56. The SMILES string of the molecule is Cc1ccc(-c2ccc(C#CC(C)(C)O)nc2C(Cc2cc(F)cc(F)c2)NC(=O)Cn2nc(C(F)F)c3c2C(F)(F)C2CCC32)c2c1c(N)nn2C. The molecule has 0 saturated heterocycles. The zero-order valence-corrected chi connectivity index (χ0v) is 29.1. The Hall–Kier alpha value is -5.36. The van der Waals surface area contributed by atoms with Crippen molar-refractivity contribution in [3.63, 3.8) is 0 Å². The predicted octanol–water partition coefficient (Wildman–Crippen LogP) is 6.76. The number of nitrogens with one attached hydrogen (secondary N) is 1. The Morgan fingerprint density at radius 3 is 2.42 bits per heavy atom. The van der Waals surface area contributed by atoms with Crippen LogP contribution in [0.4, 0.5) is 32.2 Å². The smallest absolute Gasteiger partial charge is 0.293 e. The van der Waals surface area contributed by atoms with Crippen molar-refractivity contribution >= 4 is 22.6 Å². The largest absolute Gasteiger partial charge is 0.382 e. The first-order valence-electron chi connectivity index (χ1n) is 16.9. The molecule has 3 atom stereocenters. The maximum Gasteiger partial charge on any atom is 0.293 e. The Morgan fingerprint density at radius 1 is 1.08 bits per heavy atom. The molecule has 2 aliphatic rings. The second kappa shape index (κ2) is 12.9. The van der Waals surface area contributed by atoms with Crippen molar-refractivity contribution in [2.24, 2.45) is 13.0 Å². The summed E-state index contributed by atoms with van der Waals surface area (Å²) in [6.45, 7) is 3.97. The van der Waals surface area contributed by atoms with E-state index in [4.69, 9.17) is 10.7 Å². The Labute approximate surface area is 300 Å². The molecule has 0 bridgehead atoms. The minimum absolute atomic E-state index is 0.121. The van der Waals surface area contributed by atoms with Crippen LogP contribution in [0.25, 0.3) is 22.0 Å². The number of aryl methyl sites for hydroxylation is 2. The number of rotatable bonds is 8. The molecule has 4 N–H and O–H groups in total. The molecule has 2 aromatic carbocycles. The highest BCUT2D eigenvalue weighted by atomic mass is 19.3. The van der Waals surface area contributed by atoms with Gasteiger partial charge in [-0.05, 0) is 87.3 Å². The van der Waals surface area contributed by atoms with Crippen molar-refractivity contribution in [3.05, 3.63) is 93.6 Å². The molecule has 3 aromatic heterocycles. The summed E-state index contributed by atoms with van der Waals surface area (Å²) in [4.78, 5) is 18.7. The molecule has 53 heavy (non-hydrogen) atoms. The van der Waals surface area contributed by atoms with Gasteiger partial charge in [0.1, 0.15) is 40.9 Å². The Morgan fingerprint density at radius 2 is 1.77 bits per heavy atom. The van der Waals surface area contributed by atoms with Gasteiger partial charge in [-0.25, -0.2) is 22.5 Å². The van der Waals surface area contributed by atoms with Crippen LogP contribution >= 0.6 is 0 Å². The van der Waals surface area contributed by atoms with Gasteiger partial charge < -0.3 is 16.2 Å². The first kappa shape index (κ1) is 36.0. The fourth-order valence-corrected chi connectivity index (χ4v) is 7.58. The van der Waals surface area contributed by atoms with Crippen LogP contribution in [0.5, 0.6) is 0 Å². The first-order chi connectivity index (χ1) is 24.9. The van der Waals surface area contributed by atoms with Crippen molar-refractivity contribution in [1.29, 1.82) is 0 Å². The number of carbonyl (C=O) groups is 1. The molecule has 3 heterocycles. The van der Waals surface area contributed by atoms with Gasteiger partial charge in [-0.15, -0.1) is 0 Å². The number of nitrogens with zero attached hydrogens (tertiary/aromatic N) is 5. The lowest BCUT2D eigenvalue weighted by atomic mass is 9.73. The van der Waals surface area contributed by atoms with Gasteiger partial charge in [-0.2, -0.15) is 19.0 Å². The maximum absolute atomic E-state index is 15.6. The van der Waals surface area contributed by atoms with E-state index in [-0.39, 0.29) is 41.2 Å². The van der Waals surface area contributed by atoms with E-state index in [9.17, 15) is 27.5 Å². The monoisotopic (exact) mass is 735 g/mol. The number of alkyl halides is 4. The van der Waals surface area contributed by atoms with Gasteiger partial charge in [0.05, 0.1) is 17.3 Å². The van der Waals surface area contributed by atoms with Gasteiger partial charge in [0.15, 0.2) is 5.82 Å². The number of fused-ring (bicyclic) bond motifs is 4. The molecular formula is C38H35F6N7O2. The van der Waals surface area contributed by atoms with Crippen LogP contribution in [0.1, 0.15) is 84.5 Å². The molecule has 2 aliphatic carbocycles. The van der Waals surface area contributed by atoms with Crippen LogP contribution in [-0.4, -0.2) is 41.2 Å². The zero-order chi connectivity index (χ0) is 38.1. The van der Waals surface area contributed by atoms with E-state index in [0.717, 1.165) is 17.7 Å². The average Bonchev–Trinajstić information content (AvgIpc) is 3.60. The number of anilines is 1. The Bertz CT molecular complexity index is 2330. The van der Waals surface area contributed by atoms with E-state index in [1.807, 2.05) is 13.0 Å². The van der Waals surface area contributed by atoms with Crippen LogP contribution in [0.15, 0.2) is 42.5 Å². The molecule has 1 amide bonds. The zero-order valence-electron chi connectivity index (χ0n) is 29.1. The summed E-state index contributed by atoms with van der Waals surface area (Å²) in [6.07, 6.45) is -2.91. The molecule has 9 nitrogen and oxygen atoms in total. The summed E-state index contributed by atoms with van der Waals surface area (Å²) in [5.41, 5.74) is 6.12. The quantitative estimate of drug-likeness (QED) is 0.120. The summed E-state index contributed by atoms with van der Waals surface area (Å²) in [7, 11) is 1.70. The third-order valence-electron chi connectivity index (χ3n) is 9.91. The molecule has 1 saturated carbocycles. The normalized spacial score (nSPS) is 18.0. The van der Waals surface area contributed by atoms with Crippen molar-refractivity contribution in [2.75, 3.05) is 5.73 Å². The second-order valence-electron chi connectivity index (χ2n) is 14.2. The van der Waals surface area contributed by atoms with Crippen molar-refractivity contribution < 1.29 is 36.2 Å². The van der Waals surface area contributed by atoms with Crippen LogP contribution < -0.4 is 11.1 Å². The van der Waals surface area contributed by atoms with Crippen LogP contribution in [0.3, 0.4) is 0 Å². The second-order valence-corrected chi connectivity index (χ2v) is 14.2. The van der Waals surface area contributed by atoms with Crippen LogP contribution in [-0.2, 0) is 30.7 Å². The molecule has 0 spiro atoms. The number of hydrogen-bond donors (Lipinski definition) is 3. The van der Waals surface area contributed by atoms with E-state index in [0.29, 0.717) is 39.2 Å². The lowest BCUT2D eigenvalue weighted by molar-refractivity contribution is -0.123. The predicted molar refractivity (Wildman–Crippen MR) is 184 cm³/mol. The highest BCUT2D eigenvalue weighted by Crippen LogP contribution is 2.63. The minimum Gasteiger partial charge on any atom is -0.382 e. The lowest BCUT2D eigenvalue weighted by Crippen LogP contribution is -2.36. The molecule has 3 unspecified atom stereocenters. The Kier molecular flexibility index (Phi) is 8.80. The summed E-state index contributed by atoms with van der Waals surface area (Å²) in [5.74, 6) is -2.28. The molecule has 0 aliphatic heterocycles. The highest BCUT2D eigenvalue weighted by Gasteiger charge is 2.62. The van der Waals surface area contributed by atoms with Crippen LogP contribution in [0.2, 0.25) is 0 Å². The van der Waals surface area contributed by atoms with E-state index in [1.165, 1.54) is 13.8 Å². The third-order valence-corrected chi connectivity index (χ3v) is 9.91. The molecule has 276 valence electrons. The fraction of sp³-hybridized carbons (Fsp3) is 0.368. The van der Waals surface area contributed by atoms with E-state index in [1.54, 1.807) is 29.9 Å². The van der Waals surface area contributed by atoms with Gasteiger partial charge in [-0.3, -0.25) is 14.2 Å². The van der Waals surface area contributed by atoms with E-state index in [2.05, 4.69) is 27.4 Å². The number of halogens is 6. The maximum atomic E-state index is 15.6. The topological polar surface area (TPSA) is 124 Å². The number of aliphatic hydroxyl groups is 1. The summed E-state index contributed by atoms with van der Waals surface area (Å²) in [5, 5.41) is 21.9. The van der Waals surface area contributed by atoms with Crippen molar-refractivity contribution in [1.82, 2.24) is 29.9 Å². The number of carbonyl (C=O) groups excluding carboxylic acids is 1. The number of hydrogen-bond acceptors (Lipinski definition) is 6. The number of amides is 1. The van der Waals surface area contributed by atoms with Gasteiger partial charge in [0, 0.05) is 41.1 Å². The molecular weight excluding hydrogens is 700 g/mol. The van der Waals surface area contributed by atoms with E-state index < -0.39 is 71.3 Å². The summed E-state index contributed by atoms with van der Waals surface area (Å²) < 4.78 is 90.6. The molecule has 5 aromatic rings.